The third-order valence-corrected chi connectivity index (χ3v) is 3.27. The lowest BCUT2D eigenvalue weighted by Crippen LogP contribution is -2.22. The first-order valence-electron chi connectivity index (χ1n) is 6.40. The van der Waals surface area contributed by atoms with Crippen LogP contribution in [0.2, 0.25) is 0 Å². The average Bonchev–Trinajstić information content (AvgIpc) is 2.37. The second-order valence-corrected chi connectivity index (χ2v) is 5.22. The number of hydrogen-bond donors (Lipinski definition) is 1. The van der Waals surface area contributed by atoms with E-state index in [1.807, 2.05) is 13.0 Å². The maximum absolute atomic E-state index is 13.7. The van der Waals surface area contributed by atoms with Gasteiger partial charge in [0.25, 0.3) is 0 Å². The Balaban J connectivity index is 2.22. The predicted octanol–water partition coefficient (Wildman–Crippen LogP) is 3.29. The van der Waals surface area contributed by atoms with Crippen LogP contribution in [0.4, 0.5) is 4.39 Å². The number of halogens is 2. The molecule has 0 bridgehead atoms. The van der Waals surface area contributed by atoms with Gasteiger partial charge >= 0.3 is 0 Å². The van der Waals surface area contributed by atoms with Crippen LogP contribution in [-0.4, -0.2) is 33.5 Å². The molecule has 0 aliphatic rings. The fourth-order valence-corrected chi connectivity index (χ4v) is 2.03. The van der Waals surface area contributed by atoms with E-state index in [-0.39, 0.29) is 11.9 Å². The van der Waals surface area contributed by atoms with Crippen molar-refractivity contribution in [2.45, 2.75) is 19.4 Å². The van der Waals surface area contributed by atoms with Crippen molar-refractivity contribution in [2.75, 3.05) is 33.5 Å². The quantitative estimate of drug-likeness (QED) is 0.703. The first-order valence-corrected chi connectivity index (χ1v) is 7.19. The second-order valence-electron chi connectivity index (χ2n) is 4.30. The Morgan fingerprint density at radius 1 is 1.32 bits per heavy atom. The summed E-state index contributed by atoms with van der Waals surface area (Å²) in [6.45, 7) is 4.68. The summed E-state index contributed by atoms with van der Waals surface area (Å²) in [6.07, 6.45) is 0.895. The minimum Gasteiger partial charge on any atom is -0.382 e. The van der Waals surface area contributed by atoms with Gasteiger partial charge in [0.2, 0.25) is 0 Å². The van der Waals surface area contributed by atoms with Gasteiger partial charge in [-0.3, -0.25) is 0 Å². The highest BCUT2D eigenvalue weighted by Gasteiger charge is 2.10. The molecule has 0 aliphatic carbocycles. The first kappa shape index (κ1) is 16.6. The van der Waals surface area contributed by atoms with Crippen molar-refractivity contribution in [1.29, 1.82) is 0 Å². The Kier molecular flexibility index (Phi) is 8.21. The predicted molar refractivity (Wildman–Crippen MR) is 77.8 cm³/mol. The van der Waals surface area contributed by atoms with Crippen LogP contribution >= 0.6 is 15.9 Å². The van der Waals surface area contributed by atoms with Gasteiger partial charge in [0.15, 0.2) is 0 Å². The molecule has 1 atom stereocenters. The summed E-state index contributed by atoms with van der Waals surface area (Å²) in [7, 11) is 1.65. The van der Waals surface area contributed by atoms with E-state index in [0.717, 1.165) is 17.4 Å². The van der Waals surface area contributed by atoms with Gasteiger partial charge < -0.3 is 14.8 Å². The zero-order valence-corrected chi connectivity index (χ0v) is 13.0. The van der Waals surface area contributed by atoms with Crippen LogP contribution in [0.5, 0.6) is 0 Å². The molecule has 19 heavy (non-hydrogen) atoms. The Hall–Kier alpha value is -0.490. The number of benzene rings is 1. The lowest BCUT2D eigenvalue weighted by molar-refractivity contribution is 0.0693. The Labute approximate surface area is 122 Å². The molecule has 0 saturated carbocycles. The summed E-state index contributed by atoms with van der Waals surface area (Å²) < 4.78 is 24.7. The molecule has 0 radical (unpaired) electrons. The van der Waals surface area contributed by atoms with Crippen LogP contribution in [0.3, 0.4) is 0 Å². The number of hydrogen-bond acceptors (Lipinski definition) is 3. The summed E-state index contributed by atoms with van der Waals surface area (Å²) >= 11 is 3.25. The van der Waals surface area contributed by atoms with Crippen LogP contribution in [0.25, 0.3) is 0 Å². The van der Waals surface area contributed by atoms with E-state index in [9.17, 15) is 4.39 Å². The van der Waals surface area contributed by atoms with Gasteiger partial charge in [-0.05, 0) is 32.0 Å². The molecule has 0 heterocycles. The van der Waals surface area contributed by atoms with E-state index in [4.69, 9.17) is 9.47 Å². The molecule has 0 amide bonds. The molecule has 1 N–H and O–H groups in total. The first-order chi connectivity index (χ1) is 9.15. The SMILES string of the molecule is COCCOCCCNC(C)c1ccc(Br)cc1F. The lowest BCUT2D eigenvalue weighted by Gasteiger charge is -2.15. The normalized spacial score (nSPS) is 12.6. The minimum atomic E-state index is -0.189. The van der Waals surface area contributed by atoms with Gasteiger partial charge in [-0.15, -0.1) is 0 Å². The molecular formula is C14H21BrFNO2. The summed E-state index contributed by atoms with van der Waals surface area (Å²) in [5.74, 6) is -0.189. The van der Waals surface area contributed by atoms with Gasteiger partial charge in [0, 0.05) is 29.8 Å². The number of methoxy groups -OCH3 is 1. The minimum absolute atomic E-state index is 0.00734. The van der Waals surface area contributed by atoms with Gasteiger partial charge in [-0.1, -0.05) is 22.0 Å². The molecule has 1 aromatic rings. The molecular weight excluding hydrogens is 313 g/mol. The van der Waals surface area contributed by atoms with E-state index in [1.165, 1.54) is 6.07 Å². The molecule has 3 nitrogen and oxygen atoms in total. The topological polar surface area (TPSA) is 30.5 Å². The van der Waals surface area contributed by atoms with E-state index in [1.54, 1.807) is 13.2 Å². The Morgan fingerprint density at radius 3 is 2.79 bits per heavy atom. The standard InChI is InChI=1S/C14H21BrFNO2/c1-11(13-5-4-12(15)10-14(13)16)17-6-3-7-19-9-8-18-2/h4-5,10-11,17H,3,6-9H2,1-2H3. The fraction of sp³-hybridized carbons (Fsp3) is 0.571. The molecule has 108 valence electrons. The molecule has 1 aromatic carbocycles. The smallest absolute Gasteiger partial charge is 0.129 e. The van der Waals surface area contributed by atoms with E-state index in [0.29, 0.717) is 25.4 Å². The number of ether oxygens (including phenoxy) is 2. The highest BCUT2D eigenvalue weighted by Crippen LogP contribution is 2.20. The fourth-order valence-electron chi connectivity index (χ4n) is 1.70. The van der Waals surface area contributed by atoms with Gasteiger partial charge in [0.05, 0.1) is 13.2 Å². The van der Waals surface area contributed by atoms with Gasteiger partial charge in [-0.2, -0.15) is 0 Å². The van der Waals surface area contributed by atoms with Crippen LogP contribution in [0.1, 0.15) is 24.9 Å². The van der Waals surface area contributed by atoms with E-state index in [2.05, 4.69) is 21.2 Å². The lowest BCUT2D eigenvalue weighted by atomic mass is 10.1. The Morgan fingerprint density at radius 2 is 2.11 bits per heavy atom. The van der Waals surface area contributed by atoms with E-state index < -0.39 is 0 Å². The van der Waals surface area contributed by atoms with Crippen molar-refractivity contribution < 1.29 is 13.9 Å². The molecule has 1 rings (SSSR count). The summed E-state index contributed by atoms with van der Waals surface area (Å²) in [5, 5.41) is 3.28. The zero-order valence-electron chi connectivity index (χ0n) is 11.4. The third-order valence-electron chi connectivity index (χ3n) is 2.78. The van der Waals surface area contributed by atoms with Crippen LogP contribution < -0.4 is 5.32 Å². The van der Waals surface area contributed by atoms with E-state index >= 15 is 0 Å². The molecule has 0 aliphatic heterocycles. The largest absolute Gasteiger partial charge is 0.382 e. The molecule has 0 fully saturated rings. The highest BCUT2D eigenvalue weighted by molar-refractivity contribution is 9.10. The third kappa shape index (κ3) is 6.47. The molecule has 0 saturated heterocycles. The monoisotopic (exact) mass is 333 g/mol. The van der Waals surface area contributed by atoms with Crippen molar-refractivity contribution in [3.05, 3.63) is 34.1 Å². The summed E-state index contributed by atoms with van der Waals surface area (Å²) in [4.78, 5) is 0. The van der Waals surface area contributed by atoms with Gasteiger partial charge in [-0.25, -0.2) is 4.39 Å². The molecule has 0 aromatic heterocycles. The van der Waals surface area contributed by atoms with Crippen molar-refractivity contribution in [3.63, 3.8) is 0 Å². The number of rotatable bonds is 9. The number of nitrogens with one attached hydrogen (secondary N) is 1. The van der Waals surface area contributed by atoms with Crippen molar-refractivity contribution in [1.82, 2.24) is 5.32 Å². The van der Waals surface area contributed by atoms with Crippen molar-refractivity contribution in [2.24, 2.45) is 0 Å². The molecule has 5 heteroatoms. The second kappa shape index (κ2) is 9.42. The maximum atomic E-state index is 13.7. The highest BCUT2D eigenvalue weighted by atomic mass is 79.9. The summed E-state index contributed by atoms with van der Waals surface area (Å²) in [5.41, 5.74) is 0.684. The van der Waals surface area contributed by atoms with Crippen molar-refractivity contribution in [3.8, 4) is 0 Å². The van der Waals surface area contributed by atoms with Crippen LogP contribution in [0.15, 0.2) is 22.7 Å². The van der Waals surface area contributed by atoms with Gasteiger partial charge in [0.1, 0.15) is 5.82 Å². The Bertz CT molecular complexity index is 376. The van der Waals surface area contributed by atoms with Crippen LogP contribution in [0, 0.1) is 5.82 Å². The average molecular weight is 334 g/mol. The molecule has 0 spiro atoms. The van der Waals surface area contributed by atoms with Crippen molar-refractivity contribution >= 4 is 15.9 Å². The van der Waals surface area contributed by atoms with Crippen LogP contribution in [-0.2, 0) is 9.47 Å². The summed E-state index contributed by atoms with van der Waals surface area (Å²) in [6, 6.07) is 5.13. The zero-order chi connectivity index (χ0) is 14.1. The molecule has 1 unspecified atom stereocenters. The maximum Gasteiger partial charge on any atom is 0.129 e.